The maximum Gasteiger partial charge on any atom is 0.268 e. The zero-order chi connectivity index (χ0) is 18.6. The summed E-state index contributed by atoms with van der Waals surface area (Å²) < 4.78 is 7.36. The summed E-state index contributed by atoms with van der Waals surface area (Å²) in [5.41, 5.74) is 2.88. The lowest BCUT2D eigenvalue weighted by Crippen LogP contribution is -2.14. The molecule has 0 saturated heterocycles. The summed E-state index contributed by atoms with van der Waals surface area (Å²) in [6.07, 6.45) is 1.60. The molecule has 1 amide bonds. The molecule has 0 spiro atoms. The maximum absolute atomic E-state index is 12.3. The van der Waals surface area contributed by atoms with Crippen molar-refractivity contribution in [2.75, 3.05) is 19.0 Å². The van der Waals surface area contributed by atoms with Crippen molar-refractivity contribution in [1.82, 2.24) is 14.8 Å². The van der Waals surface area contributed by atoms with Gasteiger partial charge in [-0.25, -0.2) is 0 Å². The number of ether oxygens (including phenoxy) is 1. The first-order valence-electron chi connectivity index (χ1n) is 7.78. The molecular formula is C17H21N5O2S. The van der Waals surface area contributed by atoms with Crippen molar-refractivity contribution in [2.45, 2.75) is 33.7 Å². The fourth-order valence-corrected chi connectivity index (χ4v) is 3.35. The number of aromatic nitrogens is 3. The summed E-state index contributed by atoms with van der Waals surface area (Å²) in [6, 6.07) is 4.08. The molecule has 2 aromatic heterocycles. The van der Waals surface area contributed by atoms with E-state index in [-0.39, 0.29) is 11.6 Å². The molecule has 8 heteroatoms. The first-order chi connectivity index (χ1) is 11.9. The molecule has 0 aliphatic heterocycles. The number of carbonyl (C=O) groups is 1. The van der Waals surface area contributed by atoms with Crippen molar-refractivity contribution < 1.29 is 9.53 Å². The molecule has 2 heterocycles. The number of hydrogen-bond donors (Lipinski definition) is 1. The number of hydrogen-bond acceptors (Lipinski definition) is 6. The van der Waals surface area contributed by atoms with Crippen LogP contribution in [0.25, 0.3) is 6.08 Å². The van der Waals surface area contributed by atoms with E-state index < -0.39 is 5.91 Å². The number of nitrogens with one attached hydrogen (secondary N) is 1. The number of anilines is 1. The summed E-state index contributed by atoms with van der Waals surface area (Å²) in [5.74, 6) is -0.492. The zero-order valence-electron chi connectivity index (χ0n) is 15.0. The number of nitriles is 1. The Morgan fingerprint density at radius 3 is 2.76 bits per heavy atom. The average molecular weight is 359 g/mol. The van der Waals surface area contributed by atoms with Crippen molar-refractivity contribution in [3.63, 3.8) is 0 Å². The quantitative estimate of drug-likeness (QED) is 0.632. The third-order valence-corrected chi connectivity index (χ3v) is 4.54. The Kier molecular flexibility index (Phi) is 6.07. The van der Waals surface area contributed by atoms with E-state index in [9.17, 15) is 10.1 Å². The van der Waals surface area contributed by atoms with E-state index in [0.29, 0.717) is 11.7 Å². The molecule has 0 bridgehead atoms. The normalized spacial score (nSPS) is 12.7. The topological polar surface area (TPSA) is 92.8 Å². The van der Waals surface area contributed by atoms with Crippen LogP contribution in [0.3, 0.4) is 0 Å². The van der Waals surface area contributed by atoms with Gasteiger partial charge in [0.2, 0.25) is 5.13 Å². The molecule has 1 unspecified atom stereocenters. The van der Waals surface area contributed by atoms with Crippen LogP contribution in [0.1, 0.15) is 34.9 Å². The summed E-state index contributed by atoms with van der Waals surface area (Å²) in [7, 11) is 1.67. The number of methoxy groups -OCH3 is 1. The first kappa shape index (κ1) is 18.8. The Balaban J connectivity index is 2.29. The predicted octanol–water partition coefficient (Wildman–Crippen LogP) is 3.02. The van der Waals surface area contributed by atoms with Crippen LogP contribution < -0.4 is 5.32 Å². The molecule has 0 radical (unpaired) electrons. The first-order valence-corrected chi connectivity index (χ1v) is 8.59. The van der Waals surface area contributed by atoms with Gasteiger partial charge in [-0.15, -0.1) is 10.2 Å². The van der Waals surface area contributed by atoms with Crippen molar-refractivity contribution in [3.8, 4) is 6.07 Å². The van der Waals surface area contributed by atoms with Gasteiger partial charge in [0.05, 0.1) is 12.6 Å². The number of aryl methyl sites for hydroxylation is 2. The van der Waals surface area contributed by atoms with Gasteiger partial charge in [0.1, 0.15) is 16.6 Å². The van der Waals surface area contributed by atoms with Crippen LogP contribution in [0.15, 0.2) is 11.6 Å². The van der Waals surface area contributed by atoms with Crippen LogP contribution in [0, 0.1) is 32.1 Å². The second-order valence-electron chi connectivity index (χ2n) is 5.75. The van der Waals surface area contributed by atoms with Gasteiger partial charge < -0.3 is 9.30 Å². The third-order valence-electron chi connectivity index (χ3n) is 3.78. The Morgan fingerprint density at radius 1 is 1.48 bits per heavy atom. The van der Waals surface area contributed by atoms with Crippen LogP contribution >= 0.6 is 11.3 Å². The molecule has 1 atom stereocenters. The molecule has 0 fully saturated rings. The molecule has 1 N–H and O–H groups in total. The lowest BCUT2D eigenvalue weighted by Gasteiger charge is -2.17. The number of rotatable bonds is 6. The van der Waals surface area contributed by atoms with Gasteiger partial charge in [0, 0.05) is 18.5 Å². The van der Waals surface area contributed by atoms with Crippen LogP contribution in [0.5, 0.6) is 0 Å². The number of nitrogens with zero attached hydrogens (tertiary/aromatic N) is 4. The van der Waals surface area contributed by atoms with E-state index in [2.05, 4.69) is 27.0 Å². The van der Waals surface area contributed by atoms with Crippen LogP contribution in [0.4, 0.5) is 5.13 Å². The summed E-state index contributed by atoms with van der Waals surface area (Å²) in [6.45, 7) is 8.40. The minimum absolute atomic E-state index is 0.0208. The van der Waals surface area contributed by atoms with E-state index in [1.807, 2.05) is 26.0 Å². The Labute approximate surface area is 150 Å². The fraction of sp³-hybridized carbons (Fsp3) is 0.412. The van der Waals surface area contributed by atoms with Gasteiger partial charge in [-0.1, -0.05) is 11.3 Å². The van der Waals surface area contributed by atoms with Crippen molar-refractivity contribution >= 4 is 28.5 Å². The predicted molar refractivity (Wildman–Crippen MR) is 97.4 cm³/mol. The van der Waals surface area contributed by atoms with Gasteiger partial charge in [0.25, 0.3) is 5.91 Å². The second kappa shape index (κ2) is 8.05. The number of carbonyl (C=O) groups excluding carboxylic acids is 1. The zero-order valence-corrected chi connectivity index (χ0v) is 15.8. The van der Waals surface area contributed by atoms with E-state index in [1.54, 1.807) is 20.1 Å². The van der Waals surface area contributed by atoms with Crippen molar-refractivity contribution in [1.29, 1.82) is 5.26 Å². The lowest BCUT2D eigenvalue weighted by molar-refractivity contribution is -0.112. The SMILES string of the molecule is COCC(C)n1c(C)cc(/C=C(\C#N)C(=O)Nc2nnc(C)s2)c1C. The average Bonchev–Trinajstić information content (AvgIpc) is 3.08. The smallest absolute Gasteiger partial charge is 0.268 e. The van der Waals surface area contributed by atoms with Gasteiger partial charge in [-0.3, -0.25) is 10.1 Å². The molecule has 132 valence electrons. The molecule has 25 heavy (non-hydrogen) atoms. The second-order valence-corrected chi connectivity index (χ2v) is 6.93. The maximum atomic E-state index is 12.3. The molecule has 0 saturated carbocycles. The molecule has 2 aromatic rings. The summed E-state index contributed by atoms with van der Waals surface area (Å²) >= 11 is 1.26. The Bertz CT molecular complexity index is 844. The highest BCUT2D eigenvalue weighted by atomic mass is 32.1. The summed E-state index contributed by atoms with van der Waals surface area (Å²) in [5, 5.41) is 20.8. The van der Waals surface area contributed by atoms with Gasteiger partial charge in [0.15, 0.2) is 0 Å². The van der Waals surface area contributed by atoms with E-state index in [0.717, 1.165) is 22.0 Å². The van der Waals surface area contributed by atoms with E-state index in [4.69, 9.17) is 4.74 Å². The number of amides is 1. The largest absolute Gasteiger partial charge is 0.383 e. The van der Waals surface area contributed by atoms with Gasteiger partial charge in [-0.2, -0.15) is 5.26 Å². The molecule has 0 aromatic carbocycles. The van der Waals surface area contributed by atoms with Crippen LogP contribution in [-0.4, -0.2) is 34.4 Å². The highest BCUT2D eigenvalue weighted by molar-refractivity contribution is 7.15. The van der Waals surface area contributed by atoms with Crippen molar-refractivity contribution in [2.24, 2.45) is 0 Å². The third kappa shape index (κ3) is 4.32. The highest BCUT2D eigenvalue weighted by Gasteiger charge is 2.16. The monoisotopic (exact) mass is 359 g/mol. The Morgan fingerprint density at radius 2 is 2.20 bits per heavy atom. The highest BCUT2D eigenvalue weighted by Crippen LogP contribution is 2.23. The van der Waals surface area contributed by atoms with E-state index in [1.165, 1.54) is 11.3 Å². The fourth-order valence-electron chi connectivity index (χ4n) is 2.76. The standard InChI is InChI=1S/C17H21N5O2S/c1-10-6-14(12(3)22(10)11(2)9-24-5)7-15(8-18)16(23)19-17-21-20-13(4)25-17/h6-7,11H,9H2,1-5H3,(H,19,21,23)/b15-7+. The van der Waals surface area contributed by atoms with Gasteiger partial charge >= 0.3 is 0 Å². The molecule has 0 aliphatic carbocycles. The van der Waals surface area contributed by atoms with Gasteiger partial charge in [-0.05, 0) is 45.4 Å². The molecule has 0 aliphatic rings. The molecule has 2 rings (SSSR count). The van der Waals surface area contributed by atoms with Crippen LogP contribution in [-0.2, 0) is 9.53 Å². The van der Waals surface area contributed by atoms with Crippen LogP contribution in [0.2, 0.25) is 0 Å². The summed E-state index contributed by atoms with van der Waals surface area (Å²) in [4.78, 5) is 12.3. The van der Waals surface area contributed by atoms with Crippen molar-refractivity contribution in [3.05, 3.63) is 33.6 Å². The van der Waals surface area contributed by atoms with E-state index >= 15 is 0 Å². The Hall–Kier alpha value is -2.50. The lowest BCUT2D eigenvalue weighted by atomic mass is 10.1. The molecular weight excluding hydrogens is 338 g/mol. The minimum atomic E-state index is -0.492. The molecule has 7 nitrogen and oxygen atoms in total. The minimum Gasteiger partial charge on any atom is -0.383 e.